The lowest BCUT2D eigenvalue weighted by molar-refractivity contribution is -0.384. The fraction of sp³-hybridized carbons (Fsp3) is 0.167. The molecule has 0 unspecified atom stereocenters. The zero-order valence-electron chi connectivity index (χ0n) is 18.2. The lowest BCUT2D eigenvalue weighted by Crippen LogP contribution is -2.48. The zero-order chi connectivity index (χ0) is 24.5. The van der Waals surface area contributed by atoms with E-state index in [-0.39, 0.29) is 16.5 Å². The molecule has 1 amide bonds. The monoisotopic (exact) mass is 528 g/mol. The minimum atomic E-state index is -0.365. The first-order chi connectivity index (χ1) is 16.9. The van der Waals surface area contributed by atoms with Crippen molar-refractivity contribution in [3.05, 3.63) is 85.4 Å². The van der Waals surface area contributed by atoms with Crippen LogP contribution in [-0.4, -0.2) is 47.1 Å². The number of rotatable bonds is 4. The second kappa shape index (κ2) is 9.77. The van der Waals surface area contributed by atoms with Gasteiger partial charge in [-0.3, -0.25) is 14.9 Å². The quantitative estimate of drug-likeness (QED) is 0.234. The van der Waals surface area contributed by atoms with E-state index in [2.05, 4.69) is 4.99 Å². The van der Waals surface area contributed by atoms with Gasteiger partial charge in [0.2, 0.25) is 0 Å². The van der Waals surface area contributed by atoms with Crippen molar-refractivity contribution in [3.63, 3.8) is 0 Å². The third-order valence-electron chi connectivity index (χ3n) is 5.68. The Morgan fingerprint density at radius 3 is 2.49 bits per heavy atom. The van der Waals surface area contributed by atoms with E-state index in [1.807, 2.05) is 15.9 Å². The Morgan fingerprint density at radius 1 is 1.00 bits per heavy atom. The van der Waals surface area contributed by atoms with Gasteiger partial charge in [-0.1, -0.05) is 35.3 Å². The Kier molecular flexibility index (Phi) is 6.55. The number of furan rings is 1. The van der Waals surface area contributed by atoms with Crippen molar-refractivity contribution in [3.8, 4) is 11.3 Å². The summed E-state index contributed by atoms with van der Waals surface area (Å²) < 4.78 is 5.88. The molecule has 0 radical (unpaired) electrons. The van der Waals surface area contributed by atoms with Crippen molar-refractivity contribution >= 4 is 63.5 Å². The number of benzene rings is 2. The Balaban J connectivity index is 1.24. The molecule has 0 spiro atoms. The number of piperazine rings is 1. The van der Waals surface area contributed by atoms with Gasteiger partial charge >= 0.3 is 0 Å². The molecule has 1 fully saturated rings. The summed E-state index contributed by atoms with van der Waals surface area (Å²) >= 11 is 13.4. The number of nitro benzene ring substituents is 1. The highest BCUT2D eigenvalue weighted by Gasteiger charge is 2.30. The van der Waals surface area contributed by atoms with Crippen LogP contribution in [0, 0.1) is 10.1 Å². The maximum absolute atomic E-state index is 12.5. The first kappa shape index (κ1) is 23.5. The van der Waals surface area contributed by atoms with E-state index in [4.69, 9.17) is 27.6 Å². The molecule has 11 heteroatoms. The van der Waals surface area contributed by atoms with Crippen molar-refractivity contribution in [2.45, 2.75) is 0 Å². The third kappa shape index (κ3) is 4.93. The van der Waals surface area contributed by atoms with E-state index < -0.39 is 0 Å². The SMILES string of the molecule is O=C1N=C(N2CCN(c3ccccc3[N+](=O)[O-])CC2)S/C1=C/c1ccc(-c2ccc(Cl)c(Cl)c2)o1. The van der Waals surface area contributed by atoms with Gasteiger partial charge in [0.1, 0.15) is 17.2 Å². The van der Waals surface area contributed by atoms with Crippen molar-refractivity contribution < 1.29 is 14.1 Å². The normalized spacial score (nSPS) is 17.3. The average molecular weight is 529 g/mol. The summed E-state index contributed by atoms with van der Waals surface area (Å²) in [4.78, 5) is 32.2. The van der Waals surface area contributed by atoms with Crippen LogP contribution in [0.1, 0.15) is 5.76 Å². The van der Waals surface area contributed by atoms with Crippen LogP contribution in [0.4, 0.5) is 11.4 Å². The first-order valence-corrected chi connectivity index (χ1v) is 12.3. The molecule has 5 rings (SSSR count). The average Bonchev–Trinajstić information content (AvgIpc) is 3.48. The van der Waals surface area contributed by atoms with E-state index >= 15 is 0 Å². The largest absolute Gasteiger partial charge is 0.457 e. The minimum Gasteiger partial charge on any atom is -0.457 e. The number of hydrogen-bond acceptors (Lipinski definition) is 7. The van der Waals surface area contributed by atoms with E-state index in [1.54, 1.807) is 48.5 Å². The summed E-state index contributed by atoms with van der Waals surface area (Å²) in [7, 11) is 0. The molecule has 0 aliphatic carbocycles. The fourth-order valence-corrected chi connectivity index (χ4v) is 5.17. The van der Waals surface area contributed by atoms with Crippen molar-refractivity contribution in [2.24, 2.45) is 4.99 Å². The molecular formula is C24H18Cl2N4O4S. The molecule has 3 aromatic rings. The number of nitro groups is 1. The molecule has 8 nitrogen and oxygen atoms in total. The lowest BCUT2D eigenvalue weighted by atomic mass is 10.2. The van der Waals surface area contributed by atoms with Crippen LogP contribution in [0.2, 0.25) is 10.0 Å². The second-order valence-electron chi connectivity index (χ2n) is 7.86. The third-order valence-corrected chi connectivity index (χ3v) is 7.47. The molecule has 0 N–H and O–H groups in total. The summed E-state index contributed by atoms with van der Waals surface area (Å²) in [6.45, 7) is 2.37. The van der Waals surface area contributed by atoms with Gasteiger partial charge in [0.05, 0.1) is 19.9 Å². The van der Waals surface area contributed by atoms with Gasteiger partial charge in [-0.25, -0.2) is 0 Å². The van der Waals surface area contributed by atoms with Gasteiger partial charge in [0.25, 0.3) is 11.6 Å². The molecule has 35 heavy (non-hydrogen) atoms. The predicted molar refractivity (Wildman–Crippen MR) is 139 cm³/mol. The number of aliphatic imine (C=N–C) groups is 1. The number of carbonyl (C=O) groups excluding carboxylic acids is 1. The number of carbonyl (C=O) groups is 1. The molecule has 0 saturated carbocycles. The van der Waals surface area contributed by atoms with Crippen LogP contribution in [0.5, 0.6) is 0 Å². The molecule has 0 bridgehead atoms. The lowest BCUT2D eigenvalue weighted by Gasteiger charge is -2.36. The number of nitrogens with zero attached hydrogens (tertiary/aromatic N) is 4. The molecule has 1 saturated heterocycles. The molecule has 2 aliphatic heterocycles. The molecule has 0 atom stereocenters. The maximum Gasteiger partial charge on any atom is 0.292 e. The van der Waals surface area contributed by atoms with E-state index in [0.29, 0.717) is 63.5 Å². The Bertz CT molecular complexity index is 1380. The summed E-state index contributed by atoms with van der Waals surface area (Å²) in [5.41, 5.74) is 1.47. The zero-order valence-corrected chi connectivity index (χ0v) is 20.5. The van der Waals surface area contributed by atoms with Crippen LogP contribution in [0.3, 0.4) is 0 Å². The van der Waals surface area contributed by atoms with Crippen LogP contribution < -0.4 is 4.90 Å². The van der Waals surface area contributed by atoms with Crippen molar-refractivity contribution in [1.82, 2.24) is 4.90 Å². The summed E-state index contributed by atoms with van der Waals surface area (Å²) in [5.74, 6) is 0.816. The number of amidine groups is 1. The highest BCUT2D eigenvalue weighted by Crippen LogP contribution is 2.34. The number of amides is 1. The van der Waals surface area contributed by atoms with Crippen molar-refractivity contribution in [2.75, 3.05) is 31.1 Å². The fourth-order valence-electron chi connectivity index (χ4n) is 3.92. The van der Waals surface area contributed by atoms with Crippen LogP contribution in [0.25, 0.3) is 17.4 Å². The molecule has 178 valence electrons. The highest BCUT2D eigenvalue weighted by atomic mass is 35.5. The maximum atomic E-state index is 12.5. The number of para-hydroxylation sites is 2. The van der Waals surface area contributed by atoms with Gasteiger partial charge < -0.3 is 14.2 Å². The van der Waals surface area contributed by atoms with Crippen LogP contribution in [0.15, 0.2) is 68.9 Å². The molecule has 2 aromatic carbocycles. The highest BCUT2D eigenvalue weighted by molar-refractivity contribution is 8.18. The minimum absolute atomic E-state index is 0.0904. The Labute approximate surface area is 215 Å². The standard InChI is InChI=1S/C24H18Cl2N4O4S/c25-17-7-5-15(13-18(17)26)21-8-6-16(34-21)14-22-23(31)27-24(35-22)29-11-9-28(10-12-29)19-3-1-2-4-20(19)30(32)33/h1-8,13-14H,9-12H2/b22-14+. The van der Waals surface area contributed by atoms with Crippen LogP contribution >= 0.6 is 35.0 Å². The van der Waals surface area contributed by atoms with Crippen LogP contribution in [-0.2, 0) is 4.79 Å². The predicted octanol–water partition coefficient (Wildman–Crippen LogP) is 5.95. The summed E-state index contributed by atoms with van der Waals surface area (Å²) in [6.07, 6.45) is 1.67. The Morgan fingerprint density at radius 2 is 1.74 bits per heavy atom. The summed E-state index contributed by atoms with van der Waals surface area (Å²) in [5, 5.41) is 12.9. The number of anilines is 1. The molecule has 1 aromatic heterocycles. The van der Waals surface area contributed by atoms with Crippen molar-refractivity contribution in [1.29, 1.82) is 0 Å². The smallest absolute Gasteiger partial charge is 0.292 e. The first-order valence-electron chi connectivity index (χ1n) is 10.7. The van der Waals surface area contributed by atoms with Gasteiger partial charge in [-0.15, -0.1) is 0 Å². The topological polar surface area (TPSA) is 92.2 Å². The molecule has 3 heterocycles. The molecule has 2 aliphatic rings. The number of thioether (sulfide) groups is 1. The van der Waals surface area contributed by atoms with E-state index in [0.717, 1.165) is 5.56 Å². The molecular weight excluding hydrogens is 511 g/mol. The number of hydrogen-bond donors (Lipinski definition) is 0. The summed E-state index contributed by atoms with van der Waals surface area (Å²) in [6, 6.07) is 15.5. The van der Waals surface area contributed by atoms with Gasteiger partial charge in [0.15, 0.2) is 5.17 Å². The van der Waals surface area contributed by atoms with Gasteiger partial charge in [0, 0.05) is 43.9 Å². The van der Waals surface area contributed by atoms with Gasteiger partial charge in [-0.05, 0) is 48.2 Å². The number of halogens is 2. The van der Waals surface area contributed by atoms with E-state index in [1.165, 1.54) is 17.8 Å². The van der Waals surface area contributed by atoms with E-state index in [9.17, 15) is 14.9 Å². The second-order valence-corrected chi connectivity index (χ2v) is 9.68. The van der Waals surface area contributed by atoms with Gasteiger partial charge in [-0.2, -0.15) is 4.99 Å². The Hall–Kier alpha value is -3.27.